The summed E-state index contributed by atoms with van der Waals surface area (Å²) < 4.78 is 9.71. The summed E-state index contributed by atoms with van der Waals surface area (Å²) in [7, 11) is 1.29. The average Bonchev–Trinajstić information content (AvgIpc) is 2.69. The van der Waals surface area contributed by atoms with Crippen LogP contribution in [-0.2, 0) is 19.1 Å². The summed E-state index contributed by atoms with van der Waals surface area (Å²) in [6.45, 7) is 1.91. The molecule has 0 aromatic carbocycles. The number of cyclic esters (lactones) is 1. The Morgan fingerprint density at radius 3 is 2.88 bits per heavy atom. The Morgan fingerprint density at radius 1 is 1.59 bits per heavy atom. The van der Waals surface area contributed by atoms with E-state index in [2.05, 4.69) is 0 Å². The van der Waals surface area contributed by atoms with Gasteiger partial charge in [0.15, 0.2) is 0 Å². The number of aliphatic hydroxyl groups excluding tert-OH is 1. The fourth-order valence-electron chi connectivity index (χ4n) is 2.67. The first-order valence-electron chi connectivity index (χ1n) is 5.67. The van der Waals surface area contributed by atoms with Crippen molar-refractivity contribution in [3.05, 3.63) is 12.2 Å². The van der Waals surface area contributed by atoms with Crippen LogP contribution in [0.5, 0.6) is 0 Å². The van der Waals surface area contributed by atoms with Gasteiger partial charge in [0.05, 0.1) is 31.7 Å². The van der Waals surface area contributed by atoms with E-state index < -0.39 is 29.8 Å². The number of carbonyl (C=O) groups is 2. The summed E-state index contributed by atoms with van der Waals surface area (Å²) in [6, 6.07) is 0. The third-order valence-corrected chi connectivity index (χ3v) is 3.56. The largest absolute Gasteiger partial charge is 0.469 e. The number of fused-ring (bicyclic) bond motifs is 1. The molecule has 1 saturated heterocycles. The van der Waals surface area contributed by atoms with Gasteiger partial charge >= 0.3 is 11.9 Å². The molecule has 17 heavy (non-hydrogen) atoms. The van der Waals surface area contributed by atoms with Crippen molar-refractivity contribution < 1.29 is 24.2 Å². The lowest BCUT2D eigenvalue weighted by Crippen LogP contribution is -2.42. The lowest BCUT2D eigenvalue weighted by atomic mass is 9.70. The average molecular weight is 240 g/mol. The summed E-state index contributed by atoms with van der Waals surface area (Å²) in [5, 5.41) is 9.69. The first kappa shape index (κ1) is 12.1. The van der Waals surface area contributed by atoms with Crippen LogP contribution in [0.4, 0.5) is 0 Å². The van der Waals surface area contributed by atoms with E-state index in [0.29, 0.717) is 6.61 Å². The highest BCUT2D eigenvalue weighted by Gasteiger charge is 2.50. The molecule has 0 radical (unpaired) electrons. The summed E-state index contributed by atoms with van der Waals surface area (Å²) in [5.74, 6) is -2.48. The van der Waals surface area contributed by atoms with Crippen molar-refractivity contribution in [1.82, 2.24) is 0 Å². The molecule has 0 aromatic rings. The summed E-state index contributed by atoms with van der Waals surface area (Å²) in [5.41, 5.74) is 0. The third-order valence-electron chi connectivity index (χ3n) is 3.56. The van der Waals surface area contributed by atoms with Crippen molar-refractivity contribution in [3.63, 3.8) is 0 Å². The quantitative estimate of drug-likeness (QED) is 0.548. The standard InChI is InChI=1S/C12H16O5/c1-6(13)8-4-3-7-5-17-12(15)9(7)10(8)11(14)16-2/h3-4,6-10,13H,5H2,1-2H3/t6-,7-,8+,9+,10-/m0/s1. The molecule has 5 heteroatoms. The second kappa shape index (κ2) is 4.49. The predicted octanol–water partition coefficient (Wildman–Crippen LogP) is 0.132. The summed E-state index contributed by atoms with van der Waals surface area (Å²) in [4.78, 5) is 23.5. The molecule has 1 N–H and O–H groups in total. The Labute approximate surface area is 99.4 Å². The number of rotatable bonds is 2. The van der Waals surface area contributed by atoms with Crippen molar-refractivity contribution in [2.75, 3.05) is 13.7 Å². The smallest absolute Gasteiger partial charge is 0.310 e. The zero-order chi connectivity index (χ0) is 12.6. The minimum Gasteiger partial charge on any atom is -0.469 e. The third kappa shape index (κ3) is 1.95. The van der Waals surface area contributed by atoms with Gasteiger partial charge in [-0.3, -0.25) is 9.59 Å². The van der Waals surface area contributed by atoms with Crippen LogP contribution in [0.25, 0.3) is 0 Å². The van der Waals surface area contributed by atoms with Gasteiger partial charge in [0.1, 0.15) is 0 Å². The summed E-state index contributed by atoms with van der Waals surface area (Å²) in [6.07, 6.45) is 2.94. The number of carbonyl (C=O) groups excluding carboxylic acids is 2. The van der Waals surface area contributed by atoms with Crippen molar-refractivity contribution in [2.45, 2.75) is 13.0 Å². The van der Waals surface area contributed by atoms with Gasteiger partial charge in [-0.05, 0) is 6.92 Å². The van der Waals surface area contributed by atoms with Gasteiger partial charge in [0.25, 0.3) is 0 Å². The minimum atomic E-state index is -0.704. The Balaban J connectivity index is 2.34. The van der Waals surface area contributed by atoms with E-state index in [4.69, 9.17) is 9.47 Å². The molecule has 0 saturated carbocycles. The molecule has 1 aliphatic carbocycles. The fraction of sp³-hybridized carbons (Fsp3) is 0.667. The van der Waals surface area contributed by atoms with Crippen LogP contribution in [0.3, 0.4) is 0 Å². The van der Waals surface area contributed by atoms with Crippen LogP contribution in [-0.4, -0.2) is 36.9 Å². The fourth-order valence-corrected chi connectivity index (χ4v) is 2.67. The molecule has 1 aliphatic heterocycles. The highest BCUT2D eigenvalue weighted by molar-refractivity contribution is 5.84. The SMILES string of the molecule is COC(=O)[C@H]1[C@@H]([C@H](C)O)C=C[C@H]2COC(=O)[C@@H]12. The zero-order valence-electron chi connectivity index (χ0n) is 9.83. The van der Waals surface area contributed by atoms with Crippen LogP contribution >= 0.6 is 0 Å². The maximum Gasteiger partial charge on any atom is 0.310 e. The Morgan fingerprint density at radius 2 is 2.29 bits per heavy atom. The maximum absolute atomic E-state index is 11.8. The van der Waals surface area contributed by atoms with Crippen molar-refractivity contribution in [3.8, 4) is 0 Å². The Kier molecular flexibility index (Phi) is 3.19. The number of hydrogen-bond acceptors (Lipinski definition) is 5. The number of esters is 2. The minimum absolute atomic E-state index is 0.0819. The maximum atomic E-state index is 11.8. The Hall–Kier alpha value is -1.36. The molecule has 1 heterocycles. The van der Waals surface area contributed by atoms with Gasteiger partial charge in [-0.25, -0.2) is 0 Å². The normalized spacial score (nSPS) is 37.2. The van der Waals surface area contributed by atoms with Crippen molar-refractivity contribution in [2.24, 2.45) is 23.7 Å². The second-order valence-electron chi connectivity index (χ2n) is 4.57. The molecule has 2 rings (SSSR count). The van der Waals surface area contributed by atoms with Crippen LogP contribution in [0.15, 0.2) is 12.2 Å². The first-order chi connectivity index (χ1) is 8.06. The lowest BCUT2D eigenvalue weighted by Gasteiger charge is -2.33. The van der Waals surface area contributed by atoms with Crippen molar-refractivity contribution in [1.29, 1.82) is 0 Å². The topological polar surface area (TPSA) is 72.8 Å². The van der Waals surface area contributed by atoms with Crippen LogP contribution < -0.4 is 0 Å². The van der Waals surface area contributed by atoms with Gasteiger partial charge in [-0.1, -0.05) is 12.2 Å². The van der Waals surface area contributed by atoms with Gasteiger partial charge in [-0.2, -0.15) is 0 Å². The molecule has 2 aliphatic rings. The zero-order valence-corrected chi connectivity index (χ0v) is 9.83. The predicted molar refractivity (Wildman–Crippen MR) is 57.8 cm³/mol. The molecule has 0 amide bonds. The first-order valence-corrected chi connectivity index (χ1v) is 5.67. The molecule has 0 aromatic heterocycles. The van der Waals surface area contributed by atoms with Gasteiger partial charge < -0.3 is 14.6 Å². The van der Waals surface area contributed by atoms with Gasteiger partial charge in [0.2, 0.25) is 0 Å². The summed E-state index contributed by atoms with van der Waals surface area (Å²) >= 11 is 0. The monoisotopic (exact) mass is 240 g/mol. The van der Waals surface area contributed by atoms with E-state index in [1.54, 1.807) is 13.0 Å². The highest BCUT2D eigenvalue weighted by Crippen LogP contribution is 2.40. The van der Waals surface area contributed by atoms with Gasteiger partial charge in [-0.15, -0.1) is 0 Å². The lowest BCUT2D eigenvalue weighted by molar-refractivity contribution is -0.157. The number of hydrogen-bond donors (Lipinski definition) is 1. The Bertz CT molecular complexity index is 360. The molecule has 94 valence electrons. The van der Waals surface area contributed by atoms with Gasteiger partial charge in [0, 0.05) is 11.8 Å². The van der Waals surface area contributed by atoms with E-state index in [1.807, 2.05) is 6.08 Å². The molecule has 0 spiro atoms. The molecule has 0 unspecified atom stereocenters. The molecular formula is C12H16O5. The number of ether oxygens (including phenoxy) is 2. The molecule has 1 fully saturated rings. The van der Waals surface area contributed by atoms with E-state index >= 15 is 0 Å². The molecule has 5 atom stereocenters. The van der Waals surface area contributed by atoms with E-state index in [0.717, 1.165) is 0 Å². The van der Waals surface area contributed by atoms with Crippen LogP contribution in [0, 0.1) is 23.7 Å². The molecule has 5 nitrogen and oxygen atoms in total. The van der Waals surface area contributed by atoms with Crippen LogP contribution in [0.2, 0.25) is 0 Å². The number of methoxy groups -OCH3 is 1. The van der Waals surface area contributed by atoms with Crippen molar-refractivity contribution >= 4 is 11.9 Å². The second-order valence-corrected chi connectivity index (χ2v) is 4.57. The molecule has 0 bridgehead atoms. The molecular weight excluding hydrogens is 224 g/mol. The van der Waals surface area contributed by atoms with E-state index in [-0.39, 0.29) is 11.9 Å². The number of aliphatic hydroxyl groups is 1. The van der Waals surface area contributed by atoms with E-state index in [1.165, 1.54) is 7.11 Å². The van der Waals surface area contributed by atoms with Crippen LogP contribution in [0.1, 0.15) is 6.92 Å². The van der Waals surface area contributed by atoms with E-state index in [9.17, 15) is 14.7 Å². The highest BCUT2D eigenvalue weighted by atomic mass is 16.5.